The Labute approximate surface area is 211 Å². The second-order valence-corrected chi connectivity index (χ2v) is 8.45. The number of anilines is 4. The lowest BCUT2D eigenvalue weighted by atomic mass is 10.0. The Morgan fingerprint density at radius 2 is 1.78 bits per heavy atom. The Hall–Kier alpha value is -4.73. The van der Waals surface area contributed by atoms with Gasteiger partial charge in [0.2, 0.25) is 5.95 Å². The van der Waals surface area contributed by atoms with Gasteiger partial charge in [-0.1, -0.05) is 0 Å². The molecule has 0 aliphatic heterocycles. The van der Waals surface area contributed by atoms with E-state index >= 15 is 0 Å². The van der Waals surface area contributed by atoms with Gasteiger partial charge in [0.15, 0.2) is 0 Å². The quantitative estimate of drug-likeness (QED) is 0.387. The number of likely N-dealkylation sites (N-methyl/N-ethyl adjacent to an activating group) is 1. The topological polar surface area (TPSA) is 130 Å². The van der Waals surface area contributed by atoms with Crippen LogP contribution < -0.4 is 16.0 Å². The minimum Gasteiger partial charge on any atom is -0.351 e. The molecule has 0 unspecified atom stereocenters. The zero-order valence-corrected chi connectivity index (χ0v) is 20.8. The highest BCUT2D eigenvalue weighted by Crippen LogP contribution is 2.28. The predicted octanol–water partition coefficient (Wildman–Crippen LogP) is 4.28. The molecule has 0 aliphatic carbocycles. The van der Waals surface area contributed by atoms with Crippen LogP contribution in [0.4, 0.5) is 23.1 Å². The van der Waals surface area contributed by atoms with Gasteiger partial charge in [-0.25, -0.2) is 4.98 Å². The van der Waals surface area contributed by atoms with E-state index in [0.29, 0.717) is 41.7 Å². The molecule has 0 atom stereocenters. The molecule has 0 saturated carbocycles. The molecule has 36 heavy (non-hydrogen) atoms. The fraction of sp³-hybridized carbons (Fsp3) is 0.222. The smallest absolute Gasteiger partial charge is 0.256 e. The SMILES string of the molecule is Cc1cc(/C=C/C#N)cc(C)c1Nc1nc(Nc2ccc(C#N)cc2)ncc1C(=O)NCCN(C)C. The summed E-state index contributed by atoms with van der Waals surface area (Å²) in [4.78, 5) is 23.9. The molecule has 0 aliphatic rings. The van der Waals surface area contributed by atoms with Crippen LogP contribution in [0.25, 0.3) is 6.08 Å². The summed E-state index contributed by atoms with van der Waals surface area (Å²) in [6, 6.07) is 14.9. The monoisotopic (exact) mass is 480 g/mol. The van der Waals surface area contributed by atoms with Crippen LogP contribution in [0.3, 0.4) is 0 Å². The molecule has 3 rings (SSSR count). The summed E-state index contributed by atoms with van der Waals surface area (Å²) in [6.45, 7) is 5.08. The lowest BCUT2D eigenvalue weighted by Gasteiger charge is -2.17. The Morgan fingerprint density at radius 1 is 1.08 bits per heavy atom. The number of amides is 1. The van der Waals surface area contributed by atoms with Crippen molar-refractivity contribution >= 4 is 35.1 Å². The van der Waals surface area contributed by atoms with Crippen LogP contribution in [-0.4, -0.2) is 48.0 Å². The molecule has 0 saturated heterocycles. The van der Waals surface area contributed by atoms with Crippen molar-refractivity contribution in [2.24, 2.45) is 0 Å². The summed E-state index contributed by atoms with van der Waals surface area (Å²) in [5, 5.41) is 27.2. The number of benzene rings is 2. The van der Waals surface area contributed by atoms with E-state index in [1.165, 1.54) is 12.3 Å². The van der Waals surface area contributed by atoms with Crippen molar-refractivity contribution in [2.75, 3.05) is 37.8 Å². The van der Waals surface area contributed by atoms with E-state index < -0.39 is 0 Å². The van der Waals surface area contributed by atoms with Gasteiger partial charge in [0.05, 0.1) is 17.7 Å². The molecule has 1 heterocycles. The highest BCUT2D eigenvalue weighted by atomic mass is 16.1. The third-order valence-corrected chi connectivity index (χ3v) is 5.30. The first kappa shape index (κ1) is 25.9. The maximum Gasteiger partial charge on any atom is 0.256 e. The molecule has 1 amide bonds. The summed E-state index contributed by atoms with van der Waals surface area (Å²) >= 11 is 0. The molecule has 9 heteroatoms. The summed E-state index contributed by atoms with van der Waals surface area (Å²) in [7, 11) is 3.87. The van der Waals surface area contributed by atoms with Crippen molar-refractivity contribution in [3.05, 3.63) is 76.5 Å². The first-order valence-electron chi connectivity index (χ1n) is 11.3. The molecule has 2 aromatic carbocycles. The lowest BCUT2D eigenvalue weighted by molar-refractivity contribution is 0.0951. The van der Waals surface area contributed by atoms with Crippen LogP contribution in [-0.2, 0) is 0 Å². The molecular formula is C27H28N8O. The van der Waals surface area contributed by atoms with Crippen LogP contribution in [0.2, 0.25) is 0 Å². The van der Waals surface area contributed by atoms with Gasteiger partial charge in [0, 0.05) is 36.7 Å². The number of aromatic nitrogens is 2. The fourth-order valence-electron chi connectivity index (χ4n) is 3.49. The number of carbonyl (C=O) groups is 1. The molecule has 0 fully saturated rings. The first-order chi connectivity index (χ1) is 17.3. The third kappa shape index (κ3) is 6.89. The van der Waals surface area contributed by atoms with Gasteiger partial charge in [0.25, 0.3) is 5.91 Å². The van der Waals surface area contributed by atoms with Crippen molar-refractivity contribution in [3.8, 4) is 12.1 Å². The van der Waals surface area contributed by atoms with E-state index in [1.807, 2.05) is 51.0 Å². The van der Waals surface area contributed by atoms with Crippen molar-refractivity contribution in [3.63, 3.8) is 0 Å². The van der Waals surface area contributed by atoms with Crippen molar-refractivity contribution in [2.45, 2.75) is 13.8 Å². The van der Waals surface area contributed by atoms with E-state index in [2.05, 4.69) is 32.0 Å². The lowest BCUT2D eigenvalue weighted by Crippen LogP contribution is -2.32. The van der Waals surface area contributed by atoms with E-state index in [4.69, 9.17) is 10.5 Å². The van der Waals surface area contributed by atoms with Gasteiger partial charge in [-0.05, 0) is 87.1 Å². The number of nitrogens with zero attached hydrogens (tertiary/aromatic N) is 5. The highest BCUT2D eigenvalue weighted by Gasteiger charge is 2.17. The van der Waals surface area contributed by atoms with E-state index in [9.17, 15) is 4.79 Å². The average Bonchev–Trinajstić information content (AvgIpc) is 2.85. The summed E-state index contributed by atoms with van der Waals surface area (Å²) < 4.78 is 0. The van der Waals surface area contributed by atoms with Crippen LogP contribution in [0.1, 0.15) is 32.6 Å². The molecule has 0 spiro atoms. The van der Waals surface area contributed by atoms with Crippen molar-refractivity contribution in [1.29, 1.82) is 10.5 Å². The van der Waals surface area contributed by atoms with Gasteiger partial charge in [0.1, 0.15) is 11.4 Å². The number of rotatable bonds is 9. The van der Waals surface area contributed by atoms with E-state index in [-0.39, 0.29) is 5.91 Å². The third-order valence-electron chi connectivity index (χ3n) is 5.30. The van der Waals surface area contributed by atoms with Gasteiger partial charge in [-0.2, -0.15) is 15.5 Å². The Balaban J connectivity index is 1.95. The standard InChI is InChI=1S/C27H28N8O/c1-18-14-21(6-5-11-28)15-19(2)24(18)33-25-23(26(36)30-12-13-35(3)4)17-31-27(34-25)32-22-9-7-20(16-29)8-10-22/h5-10,14-15,17H,12-13H2,1-4H3,(H,30,36)(H2,31,32,33,34)/b6-5+. The number of hydrogen-bond donors (Lipinski definition) is 3. The van der Waals surface area contributed by atoms with Gasteiger partial charge < -0.3 is 20.9 Å². The minimum absolute atomic E-state index is 0.284. The maximum absolute atomic E-state index is 13.0. The molecule has 3 aromatic rings. The predicted molar refractivity (Wildman–Crippen MR) is 141 cm³/mol. The second-order valence-electron chi connectivity index (χ2n) is 8.45. The van der Waals surface area contributed by atoms with Crippen LogP contribution in [0.5, 0.6) is 0 Å². The Morgan fingerprint density at radius 3 is 2.39 bits per heavy atom. The molecule has 1 aromatic heterocycles. The fourth-order valence-corrected chi connectivity index (χ4v) is 3.49. The average molecular weight is 481 g/mol. The number of allylic oxidation sites excluding steroid dienone is 1. The largest absolute Gasteiger partial charge is 0.351 e. The Kier molecular flexibility index (Phi) is 8.71. The number of hydrogen-bond acceptors (Lipinski definition) is 8. The second kappa shape index (κ2) is 12.1. The summed E-state index contributed by atoms with van der Waals surface area (Å²) in [5.41, 5.74) is 5.17. The maximum atomic E-state index is 13.0. The Bertz CT molecular complexity index is 1320. The number of aryl methyl sites for hydroxylation is 2. The van der Waals surface area contributed by atoms with Crippen molar-refractivity contribution in [1.82, 2.24) is 20.2 Å². The number of nitrogens with one attached hydrogen (secondary N) is 3. The molecule has 3 N–H and O–H groups in total. The molecular weight excluding hydrogens is 452 g/mol. The van der Waals surface area contributed by atoms with Crippen LogP contribution in [0.15, 0.2) is 48.7 Å². The van der Waals surface area contributed by atoms with Crippen LogP contribution in [0, 0.1) is 36.5 Å². The van der Waals surface area contributed by atoms with Gasteiger partial charge in [-0.15, -0.1) is 0 Å². The van der Waals surface area contributed by atoms with Gasteiger partial charge in [-0.3, -0.25) is 4.79 Å². The number of carbonyl (C=O) groups excluding carboxylic acids is 1. The van der Waals surface area contributed by atoms with Crippen LogP contribution >= 0.6 is 0 Å². The minimum atomic E-state index is -0.284. The highest BCUT2D eigenvalue weighted by molar-refractivity contribution is 5.99. The van der Waals surface area contributed by atoms with E-state index in [1.54, 1.807) is 30.3 Å². The van der Waals surface area contributed by atoms with Crippen molar-refractivity contribution < 1.29 is 4.79 Å². The zero-order chi connectivity index (χ0) is 26.1. The molecule has 0 radical (unpaired) electrons. The molecule has 9 nitrogen and oxygen atoms in total. The molecule has 182 valence electrons. The zero-order valence-electron chi connectivity index (χ0n) is 20.8. The summed E-state index contributed by atoms with van der Waals surface area (Å²) in [5.74, 6) is 0.374. The van der Waals surface area contributed by atoms with Gasteiger partial charge >= 0.3 is 0 Å². The van der Waals surface area contributed by atoms with E-state index in [0.717, 1.165) is 22.4 Å². The summed E-state index contributed by atoms with van der Waals surface area (Å²) in [6.07, 6.45) is 4.67. The normalized spacial score (nSPS) is 10.6. The first-order valence-corrected chi connectivity index (χ1v) is 11.3. The molecule has 0 bridgehead atoms. The number of nitriles is 2.